The molecule has 2 saturated heterocycles. The summed E-state index contributed by atoms with van der Waals surface area (Å²) in [6.07, 6.45) is -0.257. The smallest absolute Gasteiger partial charge is 0.271 e. The van der Waals surface area contributed by atoms with Crippen molar-refractivity contribution in [3.8, 4) is 11.5 Å². The third kappa shape index (κ3) is 4.33. The number of para-hydroxylation sites is 1. The second-order valence-electron chi connectivity index (χ2n) is 11.4. The van der Waals surface area contributed by atoms with Gasteiger partial charge in [-0.15, -0.1) is 0 Å². The molecule has 0 radical (unpaired) electrons. The summed E-state index contributed by atoms with van der Waals surface area (Å²) in [5.41, 5.74) is 0.643. The first-order chi connectivity index (χ1) is 20.8. The Morgan fingerprint density at radius 1 is 0.930 bits per heavy atom. The summed E-state index contributed by atoms with van der Waals surface area (Å²) in [6, 6.07) is 25.2. The number of benzene rings is 4. The van der Waals surface area contributed by atoms with Crippen molar-refractivity contribution in [3.05, 3.63) is 107 Å². The minimum atomic E-state index is -1.80. The van der Waals surface area contributed by atoms with Crippen molar-refractivity contribution >= 4 is 34.0 Å². The second kappa shape index (κ2) is 10.2. The van der Waals surface area contributed by atoms with Crippen molar-refractivity contribution < 1.29 is 34.2 Å². The van der Waals surface area contributed by atoms with E-state index in [0.717, 1.165) is 15.8 Å². The van der Waals surface area contributed by atoms with Crippen molar-refractivity contribution in [2.24, 2.45) is 23.7 Å². The van der Waals surface area contributed by atoms with E-state index in [0.29, 0.717) is 11.1 Å². The van der Waals surface area contributed by atoms with Crippen LogP contribution in [0.2, 0.25) is 0 Å². The van der Waals surface area contributed by atoms with Gasteiger partial charge in [0, 0.05) is 29.4 Å². The fourth-order valence-electron chi connectivity index (χ4n) is 7.17. The standard InChI is InChI=1S/C33H28N2O8/c36-28-14-13-25(23-11-4-5-12-24(23)28)29-17-27-30-26(15-19(33(27,39)43-29)18-42-22-9-2-1-3-10-22)31(37)34(32(30)38)20-7-6-8-21(16-20)35(40)41/h1-14,16,19,26-27,29-30,36,39H,15,17-18H2/t19-,26+,27+,29+,30+,33-/m1/s1. The van der Waals surface area contributed by atoms with E-state index in [2.05, 4.69) is 0 Å². The summed E-state index contributed by atoms with van der Waals surface area (Å²) in [6.45, 7) is 0.0432. The number of carbonyl (C=O) groups is 2. The van der Waals surface area contributed by atoms with Crippen LogP contribution in [-0.2, 0) is 14.3 Å². The fraction of sp³-hybridized carbons (Fsp3) is 0.273. The zero-order chi connectivity index (χ0) is 29.9. The zero-order valence-electron chi connectivity index (χ0n) is 22.9. The van der Waals surface area contributed by atoms with Gasteiger partial charge in [0.25, 0.3) is 5.69 Å². The highest BCUT2D eigenvalue weighted by atomic mass is 16.6. The van der Waals surface area contributed by atoms with Gasteiger partial charge >= 0.3 is 0 Å². The van der Waals surface area contributed by atoms with Crippen LogP contribution in [0, 0.1) is 33.8 Å². The average Bonchev–Trinajstić information content (AvgIpc) is 3.49. The summed E-state index contributed by atoms with van der Waals surface area (Å²) in [5, 5.41) is 35.6. The Morgan fingerprint density at radius 3 is 2.44 bits per heavy atom. The molecule has 0 unspecified atom stereocenters. The largest absolute Gasteiger partial charge is 0.507 e. The lowest BCUT2D eigenvalue weighted by Gasteiger charge is -2.44. The number of phenolic OH excluding ortho intramolecular Hbond substituents is 1. The molecule has 2 amide bonds. The predicted molar refractivity (Wildman–Crippen MR) is 155 cm³/mol. The maximum Gasteiger partial charge on any atom is 0.271 e. The Hall–Kier alpha value is -4.80. The normalized spacial score (nSPS) is 28.1. The molecule has 6 atom stereocenters. The molecule has 0 spiro atoms. The number of rotatable bonds is 6. The van der Waals surface area contributed by atoms with E-state index in [1.807, 2.05) is 36.4 Å². The number of carbonyl (C=O) groups excluding carboxylic acids is 2. The van der Waals surface area contributed by atoms with Gasteiger partial charge in [0.05, 0.1) is 35.2 Å². The van der Waals surface area contributed by atoms with Crippen molar-refractivity contribution in [2.45, 2.75) is 24.7 Å². The van der Waals surface area contributed by atoms with E-state index in [4.69, 9.17) is 9.47 Å². The van der Waals surface area contributed by atoms with Crippen molar-refractivity contribution in [1.82, 2.24) is 0 Å². The summed E-state index contributed by atoms with van der Waals surface area (Å²) in [5.74, 6) is -5.13. The van der Waals surface area contributed by atoms with E-state index >= 15 is 0 Å². The Kier molecular flexibility index (Phi) is 6.41. The molecule has 3 fully saturated rings. The van der Waals surface area contributed by atoms with Gasteiger partial charge in [-0.25, -0.2) is 4.90 Å². The number of hydrogen-bond acceptors (Lipinski definition) is 8. The number of nitro groups is 1. The van der Waals surface area contributed by atoms with Crippen molar-refractivity contribution in [1.29, 1.82) is 0 Å². The highest BCUT2D eigenvalue weighted by Crippen LogP contribution is 2.59. The third-order valence-corrected chi connectivity index (χ3v) is 9.14. The number of nitrogens with zero attached hydrogens (tertiary/aromatic N) is 2. The van der Waals surface area contributed by atoms with Gasteiger partial charge in [0.1, 0.15) is 11.5 Å². The van der Waals surface area contributed by atoms with Gasteiger partial charge < -0.3 is 19.7 Å². The third-order valence-electron chi connectivity index (χ3n) is 9.14. The average molecular weight is 581 g/mol. The van der Waals surface area contributed by atoms with Crippen LogP contribution >= 0.6 is 0 Å². The lowest BCUT2D eigenvalue weighted by atomic mass is 9.64. The Balaban J connectivity index is 1.28. The van der Waals surface area contributed by atoms with Gasteiger partial charge in [0.2, 0.25) is 11.8 Å². The van der Waals surface area contributed by atoms with Crippen molar-refractivity contribution in [2.75, 3.05) is 11.5 Å². The molecule has 4 aromatic carbocycles. The second-order valence-corrected chi connectivity index (χ2v) is 11.4. The number of aromatic hydroxyl groups is 1. The summed E-state index contributed by atoms with van der Waals surface area (Å²) < 4.78 is 12.5. The van der Waals surface area contributed by atoms with Gasteiger partial charge in [-0.3, -0.25) is 19.7 Å². The molecule has 1 aliphatic carbocycles. The molecule has 10 heteroatoms. The fourth-order valence-corrected chi connectivity index (χ4v) is 7.17. The van der Waals surface area contributed by atoms with E-state index in [1.54, 1.807) is 30.3 Å². The SMILES string of the molecule is O=C1[C@H]2[C@H](C[C@H](COc3ccccc3)[C@@]3(O)O[C@H](c4ccc(O)c5ccccc45)C[C@@H]23)C(=O)N1c1cccc([N+](=O)[O-])c1. The number of amides is 2. The number of anilines is 1. The monoisotopic (exact) mass is 580 g/mol. The molecular formula is C33H28N2O8. The lowest BCUT2D eigenvalue weighted by Crippen LogP contribution is -2.55. The Morgan fingerprint density at radius 2 is 1.67 bits per heavy atom. The Bertz CT molecular complexity index is 1760. The first-order valence-corrected chi connectivity index (χ1v) is 14.2. The molecule has 1 saturated carbocycles. The molecule has 2 heterocycles. The number of aliphatic hydroxyl groups is 1. The number of hydrogen-bond donors (Lipinski definition) is 2. The number of non-ortho nitro benzene ring substituents is 1. The number of imide groups is 1. The molecule has 218 valence electrons. The maximum absolute atomic E-state index is 14.0. The molecule has 0 bridgehead atoms. The number of nitro benzene ring substituents is 1. The number of phenols is 1. The molecule has 10 nitrogen and oxygen atoms in total. The zero-order valence-corrected chi connectivity index (χ0v) is 22.9. The van der Waals surface area contributed by atoms with Gasteiger partial charge in [-0.2, -0.15) is 0 Å². The van der Waals surface area contributed by atoms with Crippen LogP contribution in [0.5, 0.6) is 11.5 Å². The molecule has 2 N–H and O–H groups in total. The van der Waals surface area contributed by atoms with Crippen LogP contribution in [0.25, 0.3) is 10.8 Å². The van der Waals surface area contributed by atoms with E-state index < -0.39 is 52.3 Å². The minimum absolute atomic E-state index is 0.0432. The van der Waals surface area contributed by atoms with Crippen LogP contribution < -0.4 is 9.64 Å². The number of ether oxygens (including phenoxy) is 2. The topological polar surface area (TPSA) is 139 Å². The Labute approximate surface area is 246 Å². The van der Waals surface area contributed by atoms with E-state index in [-0.39, 0.29) is 36.6 Å². The molecule has 2 aliphatic heterocycles. The molecule has 43 heavy (non-hydrogen) atoms. The van der Waals surface area contributed by atoms with E-state index in [9.17, 15) is 29.9 Å². The molecule has 3 aliphatic rings. The van der Waals surface area contributed by atoms with E-state index in [1.165, 1.54) is 24.3 Å². The highest BCUT2D eigenvalue weighted by Gasteiger charge is 2.67. The summed E-state index contributed by atoms with van der Waals surface area (Å²) in [7, 11) is 0. The van der Waals surface area contributed by atoms with Crippen LogP contribution in [0.3, 0.4) is 0 Å². The first kappa shape index (κ1) is 27.1. The minimum Gasteiger partial charge on any atom is -0.507 e. The predicted octanol–water partition coefficient (Wildman–Crippen LogP) is 5.12. The summed E-state index contributed by atoms with van der Waals surface area (Å²) >= 11 is 0. The van der Waals surface area contributed by atoms with Crippen molar-refractivity contribution in [3.63, 3.8) is 0 Å². The maximum atomic E-state index is 14.0. The quantitative estimate of drug-likeness (QED) is 0.182. The summed E-state index contributed by atoms with van der Waals surface area (Å²) in [4.78, 5) is 39.7. The van der Waals surface area contributed by atoms with Crippen LogP contribution in [0.1, 0.15) is 24.5 Å². The van der Waals surface area contributed by atoms with Crippen LogP contribution in [0.15, 0.2) is 91.0 Å². The number of fused-ring (bicyclic) bond motifs is 4. The van der Waals surface area contributed by atoms with Gasteiger partial charge in [0.15, 0.2) is 5.79 Å². The molecule has 7 rings (SSSR count). The van der Waals surface area contributed by atoms with Gasteiger partial charge in [-0.1, -0.05) is 54.6 Å². The molecule has 0 aromatic heterocycles. The molecular weight excluding hydrogens is 552 g/mol. The van der Waals surface area contributed by atoms with Gasteiger partial charge in [-0.05, 0) is 48.1 Å². The highest BCUT2D eigenvalue weighted by molar-refractivity contribution is 6.22. The first-order valence-electron chi connectivity index (χ1n) is 14.2. The molecule has 4 aromatic rings. The van der Waals surface area contributed by atoms with Crippen LogP contribution in [0.4, 0.5) is 11.4 Å². The lowest BCUT2D eigenvalue weighted by molar-refractivity contribution is -0.384. The van der Waals surface area contributed by atoms with Crippen LogP contribution in [-0.4, -0.2) is 39.3 Å².